The van der Waals surface area contributed by atoms with Crippen molar-refractivity contribution in [2.75, 3.05) is 11.4 Å². The van der Waals surface area contributed by atoms with Gasteiger partial charge in [0.05, 0.1) is 5.69 Å². The van der Waals surface area contributed by atoms with Crippen LogP contribution in [-0.4, -0.2) is 18.6 Å². The lowest BCUT2D eigenvalue weighted by atomic mass is 9.88. The highest BCUT2D eigenvalue weighted by atomic mass is 79.9. The summed E-state index contributed by atoms with van der Waals surface area (Å²) in [5, 5.41) is 0. The van der Waals surface area contributed by atoms with Crippen LogP contribution in [0.3, 0.4) is 0 Å². The van der Waals surface area contributed by atoms with Gasteiger partial charge in [-0.25, -0.2) is 0 Å². The third-order valence-electron chi connectivity index (χ3n) is 4.79. The summed E-state index contributed by atoms with van der Waals surface area (Å²) in [5.74, 6) is 0.850. The number of benzene rings is 1. The summed E-state index contributed by atoms with van der Waals surface area (Å²) >= 11 is 3.75. The normalized spacial score (nSPS) is 29.8. The van der Waals surface area contributed by atoms with Gasteiger partial charge in [0.25, 0.3) is 0 Å². The molecule has 1 aromatic rings. The Morgan fingerprint density at radius 2 is 1.95 bits per heavy atom. The van der Waals surface area contributed by atoms with E-state index in [0.29, 0.717) is 0 Å². The van der Waals surface area contributed by atoms with Crippen LogP contribution in [0.4, 0.5) is 5.69 Å². The van der Waals surface area contributed by atoms with E-state index in [1.54, 1.807) is 0 Å². The summed E-state index contributed by atoms with van der Waals surface area (Å²) in [6.07, 6.45) is 6.57. The van der Waals surface area contributed by atoms with Gasteiger partial charge in [0, 0.05) is 16.6 Å². The summed E-state index contributed by atoms with van der Waals surface area (Å²) in [7, 11) is 0. The first kappa shape index (κ1) is 13.4. The highest BCUT2D eigenvalue weighted by Gasteiger charge is 2.40. The molecule has 2 saturated heterocycles. The van der Waals surface area contributed by atoms with Crippen molar-refractivity contribution in [3.8, 4) is 0 Å². The van der Waals surface area contributed by atoms with Crippen LogP contribution in [0.1, 0.15) is 37.7 Å². The zero-order valence-electron chi connectivity index (χ0n) is 11.6. The zero-order valence-corrected chi connectivity index (χ0v) is 13.2. The van der Waals surface area contributed by atoms with Crippen LogP contribution >= 0.6 is 15.9 Å². The molecule has 2 aliphatic rings. The quantitative estimate of drug-likeness (QED) is 0.915. The average molecular weight is 323 g/mol. The van der Waals surface area contributed by atoms with Crippen LogP contribution in [0.5, 0.6) is 0 Å². The van der Waals surface area contributed by atoms with Crippen LogP contribution in [0, 0.1) is 12.8 Å². The molecule has 2 heterocycles. The average Bonchev–Trinajstić information content (AvgIpc) is 2.63. The maximum atomic E-state index is 5.74. The number of nitrogens with zero attached hydrogens (tertiary/aromatic N) is 1. The van der Waals surface area contributed by atoms with E-state index in [1.165, 1.54) is 47.8 Å². The summed E-state index contributed by atoms with van der Waals surface area (Å²) in [6, 6.07) is 8.21. The van der Waals surface area contributed by atoms with Gasteiger partial charge in [0.15, 0.2) is 0 Å². The molecule has 0 radical (unpaired) electrons. The number of halogens is 1. The zero-order chi connectivity index (χ0) is 13.4. The van der Waals surface area contributed by atoms with Crippen molar-refractivity contribution in [1.29, 1.82) is 0 Å². The van der Waals surface area contributed by atoms with Gasteiger partial charge in [-0.15, -0.1) is 0 Å². The molecule has 0 saturated carbocycles. The lowest BCUT2D eigenvalue weighted by Crippen LogP contribution is -2.43. The molecule has 0 aromatic heterocycles. The van der Waals surface area contributed by atoms with Crippen molar-refractivity contribution in [2.45, 2.75) is 51.1 Å². The Balaban J connectivity index is 1.83. The first-order chi connectivity index (χ1) is 9.19. The number of rotatable bonds is 3. The van der Waals surface area contributed by atoms with E-state index >= 15 is 0 Å². The molecule has 2 fully saturated rings. The molecule has 19 heavy (non-hydrogen) atoms. The fourth-order valence-electron chi connectivity index (χ4n) is 3.98. The van der Waals surface area contributed by atoms with Gasteiger partial charge < -0.3 is 10.6 Å². The molecular formula is C16H23BrN2. The minimum absolute atomic E-state index is 0.731. The van der Waals surface area contributed by atoms with E-state index in [1.807, 2.05) is 0 Å². The largest absolute Gasteiger partial charge is 0.365 e. The van der Waals surface area contributed by atoms with Gasteiger partial charge in [-0.05, 0) is 85.1 Å². The monoisotopic (exact) mass is 322 g/mol. The summed E-state index contributed by atoms with van der Waals surface area (Å²) in [6.45, 7) is 3.00. The maximum absolute atomic E-state index is 5.74. The van der Waals surface area contributed by atoms with Crippen molar-refractivity contribution in [1.82, 2.24) is 0 Å². The molecule has 0 aliphatic carbocycles. The predicted molar refractivity (Wildman–Crippen MR) is 84.6 cm³/mol. The molecule has 1 aromatic carbocycles. The first-order valence-corrected chi connectivity index (χ1v) is 8.23. The number of hydrogen-bond acceptors (Lipinski definition) is 2. The van der Waals surface area contributed by atoms with E-state index in [0.717, 1.165) is 24.5 Å². The smallest absolute Gasteiger partial charge is 0.0515 e. The Morgan fingerprint density at radius 1 is 1.26 bits per heavy atom. The van der Waals surface area contributed by atoms with E-state index in [-0.39, 0.29) is 0 Å². The standard InChI is InChI=1S/C16H23BrN2/c1-11-2-5-16(15(17)8-11)19-13-3-4-14(19)10-12(9-13)6-7-18/h2,5,8,12-14H,3-4,6-7,9-10,18H2,1H3. The molecule has 2 nitrogen and oxygen atoms in total. The van der Waals surface area contributed by atoms with Gasteiger partial charge >= 0.3 is 0 Å². The molecule has 2 bridgehead atoms. The fraction of sp³-hybridized carbons (Fsp3) is 0.625. The van der Waals surface area contributed by atoms with E-state index in [4.69, 9.17) is 5.73 Å². The third-order valence-corrected chi connectivity index (χ3v) is 5.42. The minimum Gasteiger partial charge on any atom is -0.365 e. The Morgan fingerprint density at radius 3 is 2.53 bits per heavy atom. The molecule has 0 spiro atoms. The molecule has 2 N–H and O–H groups in total. The van der Waals surface area contributed by atoms with Crippen molar-refractivity contribution in [2.24, 2.45) is 11.7 Å². The van der Waals surface area contributed by atoms with Crippen molar-refractivity contribution < 1.29 is 0 Å². The number of aryl methyl sites for hydroxylation is 1. The Kier molecular flexibility index (Phi) is 3.86. The molecule has 104 valence electrons. The second-order valence-electron chi connectivity index (χ2n) is 6.16. The summed E-state index contributed by atoms with van der Waals surface area (Å²) < 4.78 is 1.25. The number of fused-ring (bicyclic) bond motifs is 2. The second-order valence-corrected chi connectivity index (χ2v) is 7.02. The molecule has 2 unspecified atom stereocenters. The minimum atomic E-state index is 0.731. The summed E-state index contributed by atoms with van der Waals surface area (Å²) in [5.41, 5.74) is 8.45. The van der Waals surface area contributed by atoms with Gasteiger partial charge in [-0.3, -0.25) is 0 Å². The fourth-order valence-corrected chi connectivity index (χ4v) is 4.67. The van der Waals surface area contributed by atoms with Crippen LogP contribution in [-0.2, 0) is 0 Å². The van der Waals surface area contributed by atoms with Gasteiger partial charge in [-0.2, -0.15) is 0 Å². The van der Waals surface area contributed by atoms with Crippen LogP contribution in [0.15, 0.2) is 22.7 Å². The SMILES string of the molecule is Cc1ccc(N2C3CCC2CC(CCN)C3)c(Br)c1. The van der Waals surface area contributed by atoms with Crippen LogP contribution < -0.4 is 10.6 Å². The van der Waals surface area contributed by atoms with E-state index in [2.05, 4.69) is 46.0 Å². The van der Waals surface area contributed by atoms with E-state index < -0.39 is 0 Å². The number of anilines is 1. The Labute approximate surface area is 124 Å². The van der Waals surface area contributed by atoms with Gasteiger partial charge in [0.2, 0.25) is 0 Å². The number of nitrogens with two attached hydrogens (primary N) is 1. The highest BCUT2D eigenvalue weighted by Crippen LogP contribution is 2.44. The lowest BCUT2D eigenvalue weighted by molar-refractivity contribution is 0.326. The van der Waals surface area contributed by atoms with Gasteiger partial charge in [-0.1, -0.05) is 6.07 Å². The Hall–Kier alpha value is -0.540. The topological polar surface area (TPSA) is 29.3 Å². The molecule has 3 rings (SSSR count). The number of piperidine rings is 1. The van der Waals surface area contributed by atoms with E-state index in [9.17, 15) is 0 Å². The van der Waals surface area contributed by atoms with Crippen molar-refractivity contribution >= 4 is 21.6 Å². The van der Waals surface area contributed by atoms with Crippen molar-refractivity contribution in [3.05, 3.63) is 28.2 Å². The first-order valence-electron chi connectivity index (χ1n) is 7.43. The molecule has 2 atom stereocenters. The second kappa shape index (κ2) is 5.45. The maximum Gasteiger partial charge on any atom is 0.0515 e. The van der Waals surface area contributed by atoms with Crippen molar-refractivity contribution in [3.63, 3.8) is 0 Å². The lowest BCUT2D eigenvalue weighted by Gasteiger charge is -2.41. The predicted octanol–water partition coefficient (Wildman–Crippen LogP) is 3.85. The molecule has 0 amide bonds. The van der Waals surface area contributed by atoms with Crippen LogP contribution in [0.25, 0.3) is 0 Å². The molecule has 2 aliphatic heterocycles. The summed E-state index contributed by atoms with van der Waals surface area (Å²) in [4.78, 5) is 2.68. The van der Waals surface area contributed by atoms with Gasteiger partial charge in [0.1, 0.15) is 0 Å². The third kappa shape index (κ3) is 2.55. The molecule has 3 heteroatoms. The highest BCUT2D eigenvalue weighted by molar-refractivity contribution is 9.10. The number of hydrogen-bond donors (Lipinski definition) is 1. The van der Waals surface area contributed by atoms with Crippen LogP contribution in [0.2, 0.25) is 0 Å². The Bertz CT molecular complexity index is 446. The molecular weight excluding hydrogens is 300 g/mol.